The first-order valence-electron chi connectivity index (χ1n) is 9.18. The molecule has 1 aliphatic heterocycles. The number of fused-ring (bicyclic) bond motifs is 1. The molecule has 0 radical (unpaired) electrons. The minimum Gasteiger partial charge on any atom is -0.367 e. The molecule has 3 heterocycles. The highest BCUT2D eigenvalue weighted by Crippen LogP contribution is 2.33. The highest BCUT2D eigenvalue weighted by atomic mass is 32.1. The number of nitrogens with zero attached hydrogens (tertiary/aromatic N) is 3. The molecule has 1 amide bonds. The van der Waals surface area contributed by atoms with Gasteiger partial charge in [0.2, 0.25) is 0 Å². The van der Waals surface area contributed by atoms with E-state index in [2.05, 4.69) is 22.1 Å². The smallest absolute Gasteiger partial charge is 0.264 e. The summed E-state index contributed by atoms with van der Waals surface area (Å²) >= 11 is 1.47. The number of aryl methyl sites for hydroxylation is 3. The van der Waals surface area contributed by atoms with Crippen LogP contribution in [0.25, 0.3) is 10.2 Å². The predicted molar refractivity (Wildman–Crippen MR) is 107 cm³/mol. The van der Waals surface area contributed by atoms with E-state index in [-0.39, 0.29) is 18.1 Å². The van der Waals surface area contributed by atoms with E-state index in [9.17, 15) is 4.79 Å². The summed E-state index contributed by atoms with van der Waals surface area (Å²) in [5.74, 6) is 0.799. The van der Waals surface area contributed by atoms with E-state index in [1.54, 1.807) is 0 Å². The summed E-state index contributed by atoms with van der Waals surface area (Å²) in [4.78, 5) is 25.9. The molecular formula is C21H23N3O2S. The number of carbonyl (C=O) groups excluding carboxylic acids is 1. The van der Waals surface area contributed by atoms with E-state index in [0.29, 0.717) is 13.1 Å². The lowest BCUT2D eigenvalue weighted by Gasteiger charge is -2.37. The molecule has 1 aromatic carbocycles. The van der Waals surface area contributed by atoms with Gasteiger partial charge < -0.3 is 9.64 Å². The Morgan fingerprint density at radius 3 is 2.63 bits per heavy atom. The molecule has 0 aliphatic carbocycles. The van der Waals surface area contributed by atoms with E-state index in [0.717, 1.165) is 37.7 Å². The molecule has 3 aromatic rings. The van der Waals surface area contributed by atoms with Gasteiger partial charge in [-0.1, -0.05) is 30.3 Å². The Labute approximate surface area is 163 Å². The maximum absolute atomic E-state index is 13.3. The van der Waals surface area contributed by atoms with E-state index in [1.807, 2.05) is 50.8 Å². The molecule has 2 unspecified atom stereocenters. The van der Waals surface area contributed by atoms with Crippen LogP contribution in [0.5, 0.6) is 0 Å². The maximum Gasteiger partial charge on any atom is 0.264 e. The Kier molecular flexibility index (Phi) is 4.70. The first kappa shape index (κ1) is 18.1. The molecule has 5 nitrogen and oxygen atoms in total. The van der Waals surface area contributed by atoms with Gasteiger partial charge in [0, 0.05) is 17.6 Å². The van der Waals surface area contributed by atoms with Crippen molar-refractivity contribution in [3.8, 4) is 0 Å². The molecular weight excluding hydrogens is 358 g/mol. The maximum atomic E-state index is 13.3. The van der Waals surface area contributed by atoms with Crippen molar-refractivity contribution in [1.82, 2.24) is 14.9 Å². The van der Waals surface area contributed by atoms with E-state index in [1.165, 1.54) is 11.3 Å². The summed E-state index contributed by atoms with van der Waals surface area (Å²) in [5.41, 5.74) is 3.02. The van der Waals surface area contributed by atoms with Crippen molar-refractivity contribution >= 4 is 27.5 Å². The largest absolute Gasteiger partial charge is 0.367 e. The number of benzene rings is 1. The summed E-state index contributed by atoms with van der Waals surface area (Å²) in [5, 5.41) is 1.01. The standard InChI is InChI=1S/C21H23N3O2S/c1-12-10-24(11-17(26-12)16-8-6-5-7-9-16)21(25)19-13(2)18-14(3)22-15(4)23-20(18)27-19/h5-9,12,17H,10-11H2,1-4H3. The Morgan fingerprint density at radius 2 is 1.89 bits per heavy atom. The van der Waals surface area contributed by atoms with E-state index >= 15 is 0 Å². The fraction of sp³-hybridized carbons (Fsp3) is 0.381. The third-order valence-corrected chi connectivity index (χ3v) is 6.17. The molecule has 0 bridgehead atoms. The third kappa shape index (κ3) is 3.35. The normalized spacial score (nSPS) is 20.2. The zero-order valence-electron chi connectivity index (χ0n) is 16.0. The lowest BCUT2D eigenvalue weighted by atomic mass is 10.1. The summed E-state index contributed by atoms with van der Waals surface area (Å²) in [6, 6.07) is 10.1. The van der Waals surface area contributed by atoms with Crippen LogP contribution < -0.4 is 0 Å². The average molecular weight is 382 g/mol. The molecule has 1 saturated heterocycles. The van der Waals surface area contributed by atoms with Crippen molar-refractivity contribution in [1.29, 1.82) is 0 Å². The van der Waals surface area contributed by atoms with Gasteiger partial charge in [0.15, 0.2) is 0 Å². The SMILES string of the molecule is Cc1nc(C)c2c(C)c(C(=O)N3CC(C)OC(c4ccccc4)C3)sc2n1. The van der Waals surface area contributed by atoms with Crippen molar-refractivity contribution in [3.63, 3.8) is 0 Å². The number of morpholine rings is 1. The highest BCUT2D eigenvalue weighted by molar-refractivity contribution is 7.20. The summed E-state index contributed by atoms with van der Waals surface area (Å²) in [7, 11) is 0. The lowest BCUT2D eigenvalue weighted by Crippen LogP contribution is -2.45. The average Bonchev–Trinajstić information content (AvgIpc) is 2.97. The van der Waals surface area contributed by atoms with Crippen molar-refractivity contribution < 1.29 is 9.53 Å². The Morgan fingerprint density at radius 1 is 1.15 bits per heavy atom. The Hall–Kier alpha value is -2.31. The Balaban J connectivity index is 1.67. The molecule has 2 aromatic heterocycles. The molecule has 2 atom stereocenters. The van der Waals surface area contributed by atoms with Crippen LogP contribution in [0, 0.1) is 20.8 Å². The summed E-state index contributed by atoms with van der Waals surface area (Å²) in [6.07, 6.45) is -0.108. The van der Waals surface area contributed by atoms with Crippen LogP contribution in [0.1, 0.15) is 45.3 Å². The first-order valence-corrected chi connectivity index (χ1v) is 9.99. The van der Waals surface area contributed by atoms with Crippen LogP contribution in [0.4, 0.5) is 0 Å². The first-order chi connectivity index (χ1) is 12.9. The number of ether oxygens (including phenoxy) is 1. The van der Waals surface area contributed by atoms with Gasteiger partial charge in [-0.2, -0.15) is 0 Å². The molecule has 0 N–H and O–H groups in total. The molecule has 1 fully saturated rings. The molecule has 0 spiro atoms. The number of carbonyl (C=O) groups is 1. The van der Waals surface area contributed by atoms with Gasteiger partial charge in [0.1, 0.15) is 16.8 Å². The van der Waals surface area contributed by atoms with Crippen LogP contribution in [-0.4, -0.2) is 40.0 Å². The topological polar surface area (TPSA) is 55.3 Å². The summed E-state index contributed by atoms with van der Waals surface area (Å²) < 4.78 is 6.10. The third-order valence-electron chi connectivity index (χ3n) is 5.00. The molecule has 140 valence electrons. The van der Waals surface area contributed by atoms with Gasteiger partial charge in [0.05, 0.1) is 17.5 Å². The zero-order valence-corrected chi connectivity index (χ0v) is 16.8. The van der Waals surface area contributed by atoms with Crippen molar-refractivity contribution in [3.05, 3.63) is 57.9 Å². The van der Waals surface area contributed by atoms with E-state index < -0.39 is 0 Å². The predicted octanol–water partition coefficient (Wildman–Crippen LogP) is 4.22. The number of amides is 1. The Bertz CT molecular complexity index is 1000. The monoisotopic (exact) mass is 381 g/mol. The minimum absolute atomic E-state index is 0.00800. The molecule has 0 saturated carbocycles. The van der Waals surface area contributed by atoms with Gasteiger partial charge in [0.25, 0.3) is 5.91 Å². The second-order valence-corrected chi connectivity index (χ2v) is 8.15. The van der Waals surface area contributed by atoms with Crippen molar-refractivity contribution in [2.45, 2.75) is 39.9 Å². The van der Waals surface area contributed by atoms with Crippen LogP contribution in [-0.2, 0) is 4.74 Å². The van der Waals surface area contributed by atoms with Gasteiger partial charge in [-0.25, -0.2) is 9.97 Å². The van der Waals surface area contributed by atoms with Gasteiger partial charge in [-0.15, -0.1) is 11.3 Å². The van der Waals surface area contributed by atoms with Gasteiger partial charge in [-0.05, 0) is 38.8 Å². The van der Waals surface area contributed by atoms with Gasteiger partial charge in [-0.3, -0.25) is 4.79 Å². The molecule has 6 heteroatoms. The second-order valence-electron chi connectivity index (χ2n) is 7.15. The fourth-order valence-electron chi connectivity index (χ4n) is 3.79. The van der Waals surface area contributed by atoms with Crippen LogP contribution in [0.2, 0.25) is 0 Å². The fourth-order valence-corrected chi connectivity index (χ4v) is 5.04. The minimum atomic E-state index is -0.0997. The number of rotatable bonds is 2. The van der Waals surface area contributed by atoms with Crippen LogP contribution in [0.15, 0.2) is 30.3 Å². The zero-order chi connectivity index (χ0) is 19.1. The van der Waals surface area contributed by atoms with Crippen LogP contribution in [0.3, 0.4) is 0 Å². The van der Waals surface area contributed by atoms with E-state index in [4.69, 9.17) is 4.74 Å². The van der Waals surface area contributed by atoms with Gasteiger partial charge >= 0.3 is 0 Å². The number of hydrogen-bond acceptors (Lipinski definition) is 5. The number of aromatic nitrogens is 2. The number of hydrogen-bond donors (Lipinski definition) is 0. The van der Waals surface area contributed by atoms with Crippen molar-refractivity contribution in [2.24, 2.45) is 0 Å². The quantitative estimate of drug-likeness (QED) is 0.667. The summed E-state index contributed by atoms with van der Waals surface area (Å²) in [6.45, 7) is 9.04. The molecule has 1 aliphatic rings. The second kappa shape index (κ2) is 7.02. The molecule has 27 heavy (non-hydrogen) atoms. The lowest BCUT2D eigenvalue weighted by molar-refractivity contribution is -0.0690. The molecule has 4 rings (SSSR count). The van der Waals surface area contributed by atoms with Crippen LogP contribution >= 0.6 is 11.3 Å². The van der Waals surface area contributed by atoms with Crippen molar-refractivity contribution in [2.75, 3.05) is 13.1 Å². The highest BCUT2D eigenvalue weighted by Gasteiger charge is 2.31. The number of thiophene rings is 1.